The predicted octanol–water partition coefficient (Wildman–Crippen LogP) is 4.84. The Morgan fingerprint density at radius 3 is 2.56 bits per heavy atom. The van der Waals surface area contributed by atoms with E-state index in [1.807, 2.05) is 24.3 Å². The summed E-state index contributed by atoms with van der Waals surface area (Å²) in [5, 5.41) is 28.1. The van der Waals surface area contributed by atoms with Crippen molar-refractivity contribution in [3.05, 3.63) is 82.1 Å². The topological polar surface area (TPSA) is 77.0 Å². The van der Waals surface area contributed by atoms with Gasteiger partial charge in [0, 0.05) is 11.1 Å². The molecule has 25 heavy (non-hydrogen) atoms. The highest BCUT2D eigenvalue weighted by molar-refractivity contribution is 6.32. The van der Waals surface area contributed by atoms with E-state index >= 15 is 0 Å². The molecule has 1 aliphatic rings. The number of hydrogen-bond donors (Lipinski definition) is 1. The van der Waals surface area contributed by atoms with Crippen LogP contribution in [0.4, 0.5) is 0 Å². The highest BCUT2D eigenvalue weighted by Gasteiger charge is 2.18. The lowest BCUT2D eigenvalue weighted by Gasteiger charge is -2.18. The van der Waals surface area contributed by atoms with E-state index in [9.17, 15) is 15.6 Å². The number of hydrogen-bond acceptors (Lipinski definition) is 4. The molecule has 0 aliphatic carbocycles. The maximum Gasteiger partial charge on any atom is 0.137 e. The molecule has 0 bridgehead atoms. The second-order valence-corrected chi connectivity index (χ2v) is 5.61. The molecule has 0 fully saturated rings. The van der Waals surface area contributed by atoms with Gasteiger partial charge in [0.25, 0.3) is 0 Å². The van der Waals surface area contributed by atoms with Crippen molar-refractivity contribution in [2.75, 3.05) is 0 Å². The number of phenolic OH excluding ortho intramolecular Hbond substituents is 1. The Morgan fingerprint density at radius 2 is 1.84 bits per heavy atom. The minimum atomic E-state index is 0.0128. The first-order chi connectivity index (χ1) is 12.1. The van der Waals surface area contributed by atoms with E-state index in [0.717, 1.165) is 5.56 Å². The van der Waals surface area contributed by atoms with Crippen LogP contribution in [0.5, 0.6) is 11.5 Å². The van der Waals surface area contributed by atoms with Gasteiger partial charge in [-0.3, -0.25) is 0 Å². The quantitative estimate of drug-likeness (QED) is 0.789. The van der Waals surface area contributed by atoms with Gasteiger partial charge >= 0.3 is 0 Å². The van der Waals surface area contributed by atoms with Crippen molar-refractivity contribution < 1.29 is 9.84 Å². The Labute approximate surface area is 149 Å². The Morgan fingerprint density at radius 1 is 1.08 bits per heavy atom. The summed E-state index contributed by atoms with van der Waals surface area (Å²) in [7, 11) is 0. The van der Waals surface area contributed by atoms with Gasteiger partial charge in [-0.05, 0) is 35.9 Å². The smallest absolute Gasteiger partial charge is 0.137 e. The summed E-state index contributed by atoms with van der Waals surface area (Å²) >= 11 is 5.90. The molecule has 0 saturated carbocycles. The summed E-state index contributed by atoms with van der Waals surface area (Å²) < 4.78 is 5.82. The van der Waals surface area contributed by atoms with Gasteiger partial charge in [-0.15, -0.1) is 0 Å². The number of allylic oxidation sites excluding steroid dienone is 4. The fourth-order valence-corrected chi connectivity index (χ4v) is 2.58. The van der Waals surface area contributed by atoms with Crippen molar-refractivity contribution in [1.82, 2.24) is 0 Å². The second kappa shape index (κ2) is 6.97. The molecule has 2 aromatic rings. The van der Waals surface area contributed by atoms with E-state index in [-0.39, 0.29) is 16.3 Å². The van der Waals surface area contributed by atoms with E-state index in [1.165, 1.54) is 6.07 Å². The second-order valence-electron chi connectivity index (χ2n) is 5.20. The molecule has 4 nitrogen and oxygen atoms in total. The Bertz CT molecular complexity index is 1000. The maximum atomic E-state index is 9.46. The summed E-state index contributed by atoms with van der Waals surface area (Å²) in [4.78, 5) is 0. The van der Waals surface area contributed by atoms with Crippen LogP contribution in [0, 0.1) is 22.7 Å². The molecule has 0 saturated heterocycles. The van der Waals surface area contributed by atoms with Crippen LogP contribution < -0.4 is 4.74 Å². The number of nitriles is 2. The number of fused-ring (bicyclic) bond motifs is 1. The summed E-state index contributed by atoms with van der Waals surface area (Å²) in [5.74, 6) is 1.08. The van der Waals surface area contributed by atoms with Gasteiger partial charge in [0.1, 0.15) is 35.0 Å². The van der Waals surface area contributed by atoms with Gasteiger partial charge in [-0.2, -0.15) is 10.5 Å². The summed E-state index contributed by atoms with van der Waals surface area (Å²) in [5.41, 5.74) is 2.02. The fraction of sp³-hybridized carbons (Fsp3) is 0. The van der Waals surface area contributed by atoms with Gasteiger partial charge in [-0.1, -0.05) is 41.9 Å². The number of rotatable bonds is 2. The average Bonchev–Trinajstić information content (AvgIpc) is 2.63. The largest absolute Gasteiger partial charge is 0.506 e. The van der Waals surface area contributed by atoms with Crippen molar-refractivity contribution in [2.45, 2.75) is 0 Å². The first-order valence-electron chi connectivity index (χ1n) is 7.32. The van der Waals surface area contributed by atoms with E-state index < -0.39 is 0 Å². The van der Waals surface area contributed by atoms with Gasteiger partial charge in [0.2, 0.25) is 0 Å². The van der Waals surface area contributed by atoms with Crippen LogP contribution in [0.3, 0.4) is 0 Å². The molecule has 2 aromatic carbocycles. The van der Waals surface area contributed by atoms with E-state index in [4.69, 9.17) is 16.3 Å². The lowest BCUT2D eigenvalue weighted by Crippen LogP contribution is -2.03. The molecular formula is C20H11ClN2O2. The number of aromatic hydroxyl groups is 1. The lowest BCUT2D eigenvalue weighted by atomic mass is 9.97. The monoisotopic (exact) mass is 346 g/mol. The number of ether oxygens (including phenoxy) is 1. The fourth-order valence-electron chi connectivity index (χ4n) is 2.39. The molecule has 5 heteroatoms. The van der Waals surface area contributed by atoms with Crippen molar-refractivity contribution in [1.29, 1.82) is 10.5 Å². The normalized spacial score (nSPS) is 12.6. The third kappa shape index (κ3) is 3.40. The standard InChI is InChI=1S/C20H11ClN2O2/c21-18-9-13(6-8-19(18)24)5-7-15-10-17(14(11-22)12-23)16-3-1-2-4-20(16)25-15/h1-10,24H/b7-5+. The van der Waals surface area contributed by atoms with Crippen LogP contribution in [0.1, 0.15) is 11.1 Å². The molecule has 0 radical (unpaired) electrons. The zero-order chi connectivity index (χ0) is 17.8. The molecule has 0 amide bonds. The average molecular weight is 347 g/mol. The molecule has 1 N–H and O–H groups in total. The molecule has 0 atom stereocenters. The lowest BCUT2D eigenvalue weighted by molar-refractivity contribution is 0.439. The van der Waals surface area contributed by atoms with Crippen molar-refractivity contribution in [3.8, 4) is 23.6 Å². The van der Waals surface area contributed by atoms with Gasteiger partial charge < -0.3 is 9.84 Å². The number of halogens is 1. The predicted molar refractivity (Wildman–Crippen MR) is 95.4 cm³/mol. The summed E-state index contributed by atoms with van der Waals surface area (Å²) in [6.07, 6.45) is 5.13. The van der Waals surface area contributed by atoms with Crippen LogP contribution in [0.25, 0.3) is 11.6 Å². The molecule has 120 valence electrons. The molecule has 3 rings (SSSR count). The van der Waals surface area contributed by atoms with Crippen molar-refractivity contribution in [3.63, 3.8) is 0 Å². The molecule has 1 aliphatic heterocycles. The van der Waals surface area contributed by atoms with Crippen LogP contribution in [-0.2, 0) is 0 Å². The van der Waals surface area contributed by atoms with Gasteiger partial charge in [-0.25, -0.2) is 0 Å². The number of nitrogens with zero attached hydrogens (tertiary/aromatic N) is 2. The van der Waals surface area contributed by atoms with Crippen LogP contribution in [-0.4, -0.2) is 5.11 Å². The highest BCUT2D eigenvalue weighted by Crippen LogP contribution is 2.35. The molecule has 0 unspecified atom stereocenters. The Kier molecular flexibility index (Phi) is 4.57. The summed E-state index contributed by atoms with van der Waals surface area (Å²) in [6.45, 7) is 0. The third-order valence-corrected chi connectivity index (χ3v) is 3.90. The summed E-state index contributed by atoms with van der Waals surface area (Å²) in [6, 6.07) is 15.9. The third-order valence-electron chi connectivity index (χ3n) is 3.60. The number of benzene rings is 2. The molecule has 0 aromatic heterocycles. The number of phenols is 1. The van der Waals surface area contributed by atoms with Crippen LogP contribution in [0.15, 0.2) is 65.9 Å². The number of para-hydroxylation sites is 1. The van der Waals surface area contributed by atoms with Gasteiger partial charge in [0.15, 0.2) is 0 Å². The van der Waals surface area contributed by atoms with Crippen molar-refractivity contribution >= 4 is 23.3 Å². The zero-order valence-corrected chi connectivity index (χ0v) is 13.7. The van der Waals surface area contributed by atoms with E-state index in [2.05, 4.69) is 0 Å². The van der Waals surface area contributed by atoms with E-state index in [0.29, 0.717) is 22.6 Å². The maximum absolute atomic E-state index is 9.46. The molecular weight excluding hydrogens is 336 g/mol. The van der Waals surface area contributed by atoms with Crippen LogP contribution in [0.2, 0.25) is 5.02 Å². The Hall–Kier alpha value is -3.47. The van der Waals surface area contributed by atoms with Crippen molar-refractivity contribution in [2.24, 2.45) is 0 Å². The van der Waals surface area contributed by atoms with Gasteiger partial charge in [0.05, 0.1) is 5.02 Å². The van der Waals surface area contributed by atoms with E-state index in [1.54, 1.807) is 42.5 Å². The first-order valence-corrected chi connectivity index (χ1v) is 7.70. The SMILES string of the molecule is N#CC(C#N)=C1C=C(/C=C/c2ccc(O)c(Cl)c2)Oc2ccccc21. The first kappa shape index (κ1) is 16.4. The molecule has 0 spiro atoms. The highest BCUT2D eigenvalue weighted by atomic mass is 35.5. The minimum Gasteiger partial charge on any atom is -0.506 e. The van der Waals surface area contributed by atoms with Crippen LogP contribution >= 0.6 is 11.6 Å². The minimum absolute atomic E-state index is 0.0128. The molecule has 1 heterocycles. The Balaban J connectivity index is 2.02. The zero-order valence-electron chi connectivity index (χ0n) is 12.9.